The van der Waals surface area contributed by atoms with E-state index in [0.29, 0.717) is 24.6 Å². The fourth-order valence-corrected chi connectivity index (χ4v) is 4.02. The summed E-state index contributed by atoms with van der Waals surface area (Å²) in [5.74, 6) is 2.08. The summed E-state index contributed by atoms with van der Waals surface area (Å²) < 4.78 is 3.81. The Kier molecular flexibility index (Phi) is 7.79. The van der Waals surface area contributed by atoms with Gasteiger partial charge >= 0.3 is 0 Å². The van der Waals surface area contributed by atoms with Gasteiger partial charge in [0.1, 0.15) is 5.82 Å². The number of amides is 1. The molecule has 3 aromatic heterocycles. The van der Waals surface area contributed by atoms with E-state index >= 15 is 0 Å². The van der Waals surface area contributed by atoms with Gasteiger partial charge < -0.3 is 15.2 Å². The third kappa shape index (κ3) is 5.93. The topological polar surface area (TPSA) is 103 Å². The van der Waals surface area contributed by atoms with Gasteiger partial charge in [0.05, 0.1) is 24.5 Å². The monoisotopic (exact) mass is 478 g/mol. The van der Waals surface area contributed by atoms with Gasteiger partial charge in [-0.1, -0.05) is 44.7 Å². The van der Waals surface area contributed by atoms with Crippen LogP contribution in [-0.4, -0.2) is 54.0 Å². The van der Waals surface area contributed by atoms with Crippen molar-refractivity contribution in [1.82, 2.24) is 34.6 Å². The molecule has 2 N–H and O–H groups in total. The van der Waals surface area contributed by atoms with E-state index in [4.69, 9.17) is 4.98 Å². The van der Waals surface area contributed by atoms with Gasteiger partial charge in [-0.25, -0.2) is 19.6 Å². The van der Waals surface area contributed by atoms with E-state index in [2.05, 4.69) is 46.5 Å². The normalized spacial score (nSPS) is 11.3. The van der Waals surface area contributed by atoms with E-state index < -0.39 is 0 Å². The first kappa shape index (κ1) is 23.7. The zero-order valence-electron chi connectivity index (χ0n) is 19.7. The number of carbonyl (C=O) groups excluding carboxylic acids is 1. The number of carbonyl (C=O) groups is 1. The van der Waals surface area contributed by atoms with E-state index in [0.717, 1.165) is 46.4 Å². The van der Waals surface area contributed by atoms with Crippen LogP contribution in [0.25, 0.3) is 11.0 Å². The maximum Gasteiger partial charge on any atom is 0.251 e. The van der Waals surface area contributed by atoms with Crippen LogP contribution in [0.15, 0.2) is 54.3 Å². The second-order valence-electron chi connectivity index (χ2n) is 8.36. The number of anilines is 1. The van der Waals surface area contributed by atoms with Crippen LogP contribution in [0.4, 0.5) is 5.82 Å². The number of thioether (sulfide) groups is 1. The number of benzene rings is 1. The molecule has 0 atom stereocenters. The maximum atomic E-state index is 12.6. The van der Waals surface area contributed by atoms with Crippen molar-refractivity contribution in [3.05, 3.63) is 60.3 Å². The minimum absolute atomic E-state index is 0.109. The second kappa shape index (κ2) is 11.1. The molecule has 1 amide bonds. The highest BCUT2D eigenvalue weighted by Gasteiger charge is 2.14. The molecule has 0 unspecified atom stereocenters. The Morgan fingerprint density at radius 1 is 1.18 bits per heavy atom. The van der Waals surface area contributed by atoms with Crippen molar-refractivity contribution in [1.29, 1.82) is 0 Å². The Hall–Kier alpha value is -3.40. The molecule has 1 aromatic carbocycles. The molecule has 0 aliphatic carbocycles. The molecule has 3 heterocycles. The van der Waals surface area contributed by atoms with Gasteiger partial charge in [-0.3, -0.25) is 4.79 Å². The lowest BCUT2D eigenvalue weighted by atomic mass is 10.1. The van der Waals surface area contributed by atoms with E-state index in [9.17, 15) is 4.79 Å². The Morgan fingerprint density at radius 3 is 2.71 bits per heavy atom. The predicted octanol–water partition coefficient (Wildman–Crippen LogP) is 3.68. The smallest absolute Gasteiger partial charge is 0.251 e. The van der Waals surface area contributed by atoms with Gasteiger partial charge in [-0.15, -0.1) is 0 Å². The lowest BCUT2D eigenvalue weighted by Crippen LogP contribution is -2.27. The van der Waals surface area contributed by atoms with Crippen molar-refractivity contribution in [2.75, 3.05) is 24.2 Å². The van der Waals surface area contributed by atoms with Crippen LogP contribution in [0.3, 0.4) is 0 Å². The summed E-state index contributed by atoms with van der Waals surface area (Å²) in [4.78, 5) is 26.0. The van der Waals surface area contributed by atoms with Crippen LogP contribution in [-0.2, 0) is 13.1 Å². The van der Waals surface area contributed by atoms with Crippen molar-refractivity contribution in [2.24, 2.45) is 5.92 Å². The molecule has 0 radical (unpaired) electrons. The first-order valence-electron chi connectivity index (χ1n) is 11.5. The summed E-state index contributed by atoms with van der Waals surface area (Å²) in [5.41, 5.74) is 2.51. The van der Waals surface area contributed by atoms with Crippen LogP contribution in [0, 0.1) is 5.92 Å². The van der Waals surface area contributed by atoms with Crippen molar-refractivity contribution in [2.45, 2.75) is 39.0 Å². The predicted molar refractivity (Wildman–Crippen MR) is 135 cm³/mol. The number of aromatic nitrogens is 6. The van der Waals surface area contributed by atoms with Crippen molar-refractivity contribution in [3.8, 4) is 0 Å². The molecule has 0 aliphatic rings. The van der Waals surface area contributed by atoms with Crippen LogP contribution < -0.4 is 10.6 Å². The largest absolute Gasteiger partial charge is 0.369 e. The highest BCUT2D eigenvalue weighted by atomic mass is 32.2. The number of hydrogen-bond acceptors (Lipinski definition) is 7. The van der Waals surface area contributed by atoms with E-state index in [1.165, 1.54) is 0 Å². The first-order valence-corrected chi connectivity index (χ1v) is 12.4. The highest BCUT2D eigenvalue weighted by Crippen LogP contribution is 2.24. The molecular weight excluding hydrogens is 448 g/mol. The van der Waals surface area contributed by atoms with Crippen molar-refractivity contribution >= 4 is 34.5 Å². The molecule has 0 fully saturated rings. The summed E-state index contributed by atoms with van der Waals surface area (Å²) in [5, 5.41) is 12.5. The molecule has 4 aromatic rings. The van der Waals surface area contributed by atoms with Crippen LogP contribution in [0.2, 0.25) is 0 Å². The molecule has 4 rings (SSSR count). The van der Waals surface area contributed by atoms with Gasteiger partial charge in [0.15, 0.2) is 10.8 Å². The Balaban J connectivity index is 1.39. The number of nitrogens with one attached hydrogen (secondary N) is 2. The number of hydrogen-bond donors (Lipinski definition) is 2. The number of fused-ring (bicyclic) bond motifs is 1. The Bertz CT molecular complexity index is 1220. The summed E-state index contributed by atoms with van der Waals surface area (Å²) >= 11 is 1.60. The fraction of sp³-hybridized carbons (Fsp3) is 0.375. The molecule has 10 heteroatoms. The fourth-order valence-electron chi connectivity index (χ4n) is 3.46. The van der Waals surface area contributed by atoms with Gasteiger partial charge in [-0.05, 0) is 29.4 Å². The zero-order chi connectivity index (χ0) is 23.9. The molecule has 178 valence electrons. The minimum Gasteiger partial charge on any atom is -0.369 e. The molecule has 9 nitrogen and oxygen atoms in total. The van der Waals surface area contributed by atoms with E-state index in [-0.39, 0.29) is 5.91 Å². The average Bonchev–Trinajstić information content (AvgIpc) is 3.48. The quantitative estimate of drug-likeness (QED) is 0.250. The highest BCUT2D eigenvalue weighted by molar-refractivity contribution is 7.99. The molecular formula is C24H30N8OS. The Morgan fingerprint density at radius 2 is 2.00 bits per heavy atom. The van der Waals surface area contributed by atoms with Crippen molar-refractivity contribution in [3.63, 3.8) is 0 Å². The summed E-state index contributed by atoms with van der Waals surface area (Å²) in [6, 6.07) is 7.62. The number of imidazole rings is 1. The van der Waals surface area contributed by atoms with E-state index in [1.807, 2.05) is 39.7 Å². The SMILES string of the molecule is CCSc1nc(NCC(C)C)c2cnn(CCNC(=O)c3ccc(Cn4ccnc4)cc3)c2n1. The third-order valence-electron chi connectivity index (χ3n) is 5.18. The van der Waals surface area contributed by atoms with Gasteiger partial charge in [0, 0.05) is 37.6 Å². The van der Waals surface area contributed by atoms with Crippen LogP contribution in [0.1, 0.15) is 36.7 Å². The standard InChI is InChI=1S/C24H30N8OS/c1-4-34-24-29-21(27-13-17(2)3)20-14-28-32(22(20)30-24)12-10-26-23(33)19-7-5-18(6-8-19)15-31-11-9-25-16-31/h5-9,11,14,16-17H,4,10,12-13,15H2,1-3H3,(H,26,33)(H,27,29,30). The molecule has 34 heavy (non-hydrogen) atoms. The number of rotatable bonds is 11. The molecule has 0 aliphatic heterocycles. The summed E-state index contributed by atoms with van der Waals surface area (Å²) in [6.45, 7) is 8.91. The Labute approximate surface area is 203 Å². The molecule has 0 saturated heterocycles. The van der Waals surface area contributed by atoms with E-state index in [1.54, 1.807) is 30.5 Å². The molecule has 0 bridgehead atoms. The summed E-state index contributed by atoms with van der Waals surface area (Å²) in [6.07, 6.45) is 7.23. The van der Waals surface area contributed by atoms with Gasteiger partial charge in [-0.2, -0.15) is 5.10 Å². The zero-order valence-corrected chi connectivity index (χ0v) is 20.5. The number of nitrogens with zero attached hydrogens (tertiary/aromatic N) is 6. The average molecular weight is 479 g/mol. The third-order valence-corrected chi connectivity index (χ3v) is 5.91. The van der Waals surface area contributed by atoms with Gasteiger partial charge in [0.25, 0.3) is 5.91 Å². The van der Waals surface area contributed by atoms with Crippen LogP contribution in [0.5, 0.6) is 0 Å². The minimum atomic E-state index is -0.109. The molecule has 0 spiro atoms. The second-order valence-corrected chi connectivity index (χ2v) is 9.59. The van der Waals surface area contributed by atoms with Crippen molar-refractivity contribution < 1.29 is 4.79 Å². The van der Waals surface area contributed by atoms with Gasteiger partial charge in [0.2, 0.25) is 0 Å². The maximum absolute atomic E-state index is 12.6. The lowest BCUT2D eigenvalue weighted by Gasteiger charge is -2.11. The first-order chi connectivity index (χ1) is 16.5. The lowest BCUT2D eigenvalue weighted by molar-refractivity contribution is 0.0952. The molecule has 0 saturated carbocycles. The van der Waals surface area contributed by atoms with Crippen LogP contribution >= 0.6 is 11.8 Å². The summed E-state index contributed by atoms with van der Waals surface area (Å²) in [7, 11) is 0.